The van der Waals surface area contributed by atoms with Gasteiger partial charge in [-0.15, -0.1) is 0 Å². The number of fused-ring (bicyclic) bond motifs is 2. The summed E-state index contributed by atoms with van der Waals surface area (Å²) in [6.45, 7) is 7.42. The van der Waals surface area contributed by atoms with Crippen LogP contribution in [0.3, 0.4) is 0 Å². The molecule has 7 heteroatoms. The van der Waals surface area contributed by atoms with Crippen LogP contribution in [0.15, 0.2) is 51.7 Å². The zero-order chi connectivity index (χ0) is 22.8. The highest BCUT2D eigenvalue weighted by Gasteiger charge is 2.44. The number of carbonyl (C=O) groups excluding carboxylic acids is 1. The summed E-state index contributed by atoms with van der Waals surface area (Å²) in [5.41, 5.74) is 1.28. The van der Waals surface area contributed by atoms with Gasteiger partial charge in [-0.25, -0.2) is 0 Å². The SMILES string of the molecule is CC[NH+](CC)CCN1C(=O)c2oc3ccccc3c(=O)c2[C@H]1c1cccc(OC)c1OC. The largest absolute Gasteiger partial charge is 0.493 e. The van der Waals surface area contributed by atoms with E-state index in [-0.39, 0.29) is 17.1 Å². The third kappa shape index (κ3) is 3.52. The minimum absolute atomic E-state index is 0.109. The van der Waals surface area contributed by atoms with Crippen LogP contribution in [-0.2, 0) is 0 Å². The van der Waals surface area contributed by atoms with Crippen molar-refractivity contribution in [3.8, 4) is 11.5 Å². The molecule has 1 atom stereocenters. The maximum Gasteiger partial charge on any atom is 0.291 e. The minimum Gasteiger partial charge on any atom is -0.493 e. The molecule has 1 aliphatic rings. The minimum atomic E-state index is -0.613. The molecular weight excluding hydrogens is 408 g/mol. The van der Waals surface area contributed by atoms with Gasteiger partial charge in [0.1, 0.15) is 5.58 Å². The zero-order valence-electron chi connectivity index (χ0n) is 18.9. The lowest BCUT2D eigenvalue weighted by Gasteiger charge is -2.28. The number of hydrogen-bond acceptors (Lipinski definition) is 5. The summed E-state index contributed by atoms with van der Waals surface area (Å²) < 4.78 is 17.2. The van der Waals surface area contributed by atoms with Gasteiger partial charge in [-0.1, -0.05) is 24.3 Å². The molecule has 0 radical (unpaired) electrons. The summed E-state index contributed by atoms with van der Waals surface area (Å²) >= 11 is 0. The first kappa shape index (κ1) is 21.9. The van der Waals surface area contributed by atoms with E-state index in [1.165, 1.54) is 4.90 Å². The number of para-hydroxylation sites is 2. The van der Waals surface area contributed by atoms with E-state index in [9.17, 15) is 9.59 Å². The average molecular weight is 438 g/mol. The fourth-order valence-electron chi connectivity index (χ4n) is 4.53. The smallest absolute Gasteiger partial charge is 0.291 e. The topological polar surface area (TPSA) is 73.4 Å². The molecule has 0 aliphatic carbocycles. The van der Waals surface area contributed by atoms with Crippen molar-refractivity contribution < 1.29 is 23.6 Å². The molecule has 1 N–H and O–H groups in total. The molecule has 2 aromatic carbocycles. The van der Waals surface area contributed by atoms with Gasteiger partial charge in [0, 0.05) is 5.56 Å². The number of amides is 1. The normalized spacial score (nSPS) is 15.5. The number of rotatable bonds is 8. The van der Waals surface area contributed by atoms with Crippen LogP contribution in [0.2, 0.25) is 0 Å². The Hall–Kier alpha value is -3.32. The summed E-state index contributed by atoms with van der Waals surface area (Å²) in [7, 11) is 3.13. The van der Waals surface area contributed by atoms with Crippen molar-refractivity contribution in [2.75, 3.05) is 40.4 Å². The van der Waals surface area contributed by atoms with Crippen molar-refractivity contribution in [2.24, 2.45) is 0 Å². The van der Waals surface area contributed by atoms with Gasteiger partial charge in [0.05, 0.1) is 57.4 Å². The van der Waals surface area contributed by atoms with Gasteiger partial charge < -0.3 is 23.7 Å². The molecule has 0 saturated carbocycles. The van der Waals surface area contributed by atoms with E-state index in [4.69, 9.17) is 13.9 Å². The van der Waals surface area contributed by atoms with E-state index in [1.807, 2.05) is 12.1 Å². The number of ether oxygens (including phenoxy) is 2. The highest BCUT2D eigenvalue weighted by molar-refractivity contribution is 5.99. The molecule has 2 heterocycles. The van der Waals surface area contributed by atoms with E-state index in [0.717, 1.165) is 19.6 Å². The number of nitrogens with one attached hydrogen (secondary N) is 1. The van der Waals surface area contributed by atoms with Crippen LogP contribution in [0, 0.1) is 0 Å². The van der Waals surface area contributed by atoms with E-state index in [0.29, 0.717) is 40.1 Å². The van der Waals surface area contributed by atoms with Gasteiger partial charge in [0.25, 0.3) is 5.91 Å². The monoisotopic (exact) mass is 437 g/mol. The number of benzene rings is 2. The molecule has 7 nitrogen and oxygen atoms in total. The highest BCUT2D eigenvalue weighted by Crippen LogP contribution is 2.44. The van der Waals surface area contributed by atoms with Crippen molar-refractivity contribution in [3.63, 3.8) is 0 Å². The lowest BCUT2D eigenvalue weighted by Crippen LogP contribution is -3.12. The van der Waals surface area contributed by atoms with E-state index in [2.05, 4.69) is 13.8 Å². The van der Waals surface area contributed by atoms with Crippen LogP contribution < -0.4 is 19.8 Å². The molecule has 3 aromatic rings. The summed E-state index contributed by atoms with van der Waals surface area (Å²) in [6.07, 6.45) is 0. The number of carbonyl (C=O) groups is 1. The molecule has 1 aliphatic heterocycles. The highest BCUT2D eigenvalue weighted by atomic mass is 16.5. The van der Waals surface area contributed by atoms with E-state index in [1.54, 1.807) is 49.5 Å². The summed E-state index contributed by atoms with van der Waals surface area (Å²) in [5, 5.41) is 0.460. The number of nitrogens with zero attached hydrogens (tertiary/aromatic N) is 1. The van der Waals surface area contributed by atoms with Gasteiger partial charge in [-0.05, 0) is 32.0 Å². The molecule has 0 unspecified atom stereocenters. The molecule has 1 amide bonds. The number of hydrogen-bond donors (Lipinski definition) is 1. The maximum atomic E-state index is 13.6. The Bertz CT molecular complexity index is 1200. The molecule has 0 spiro atoms. The Morgan fingerprint density at radius 1 is 1.00 bits per heavy atom. The first-order chi connectivity index (χ1) is 15.5. The quantitative estimate of drug-likeness (QED) is 0.585. The Morgan fingerprint density at radius 2 is 1.75 bits per heavy atom. The second-order valence-electron chi connectivity index (χ2n) is 7.86. The maximum absolute atomic E-state index is 13.6. The van der Waals surface area contributed by atoms with Crippen LogP contribution in [0.25, 0.3) is 11.0 Å². The van der Waals surface area contributed by atoms with Crippen LogP contribution in [0.5, 0.6) is 11.5 Å². The van der Waals surface area contributed by atoms with Gasteiger partial charge >= 0.3 is 0 Å². The molecular formula is C25H29N2O5+. The predicted molar refractivity (Wildman–Crippen MR) is 122 cm³/mol. The summed E-state index contributed by atoms with van der Waals surface area (Å²) in [4.78, 5) is 30.2. The van der Waals surface area contributed by atoms with Crippen molar-refractivity contribution in [1.29, 1.82) is 0 Å². The standard InChI is InChI=1S/C25H28N2O5/c1-5-26(6-2)14-15-27-21(17-11-9-13-19(30-3)23(17)31-4)20-22(28)16-10-7-8-12-18(16)32-24(20)25(27)29/h7-13,21H,5-6,14-15H2,1-4H3/p+1/t21-/m1/s1. The molecule has 4 rings (SSSR count). The second kappa shape index (κ2) is 9.04. The Morgan fingerprint density at radius 3 is 2.44 bits per heavy atom. The van der Waals surface area contributed by atoms with Crippen molar-refractivity contribution >= 4 is 16.9 Å². The van der Waals surface area contributed by atoms with Gasteiger partial charge in [0.2, 0.25) is 5.76 Å². The Balaban J connectivity index is 1.93. The second-order valence-corrected chi connectivity index (χ2v) is 7.86. The van der Waals surface area contributed by atoms with Crippen LogP contribution in [-0.4, -0.2) is 51.2 Å². The van der Waals surface area contributed by atoms with Crippen LogP contribution in [0.1, 0.15) is 41.6 Å². The summed E-state index contributed by atoms with van der Waals surface area (Å²) in [6, 6.07) is 11.9. The zero-order valence-corrected chi connectivity index (χ0v) is 18.9. The lowest BCUT2D eigenvalue weighted by molar-refractivity contribution is -0.895. The van der Waals surface area contributed by atoms with Crippen molar-refractivity contribution in [2.45, 2.75) is 19.9 Å². The third-order valence-corrected chi connectivity index (χ3v) is 6.31. The fourth-order valence-corrected chi connectivity index (χ4v) is 4.53. The number of likely N-dealkylation sites (N-methyl/N-ethyl adjacent to an activating group) is 1. The molecule has 0 bridgehead atoms. The molecule has 0 saturated heterocycles. The van der Waals surface area contributed by atoms with Crippen LogP contribution in [0.4, 0.5) is 0 Å². The molecule has 32 heavy (non-hydrogen) atoms. The predicted octanol–water partition coefficient (Wildman–Crippen LogP) is 2.28. The number of quaternary nitrogens is 1. The first-order valence-electron chi connectivity index (χ1n) is 11.0. The Kier molecular flexibility index (Phi) is 6.19. The fraction of sp³-hybridized carbons (Fsp3) is 0.360. The third-order valence-electron chi connectivity index (χ3n) is 6.31. The van der Waals surface area contributed by atoms with Crippen molar-refractivity contribution in [1.82, 2.24) is 4.90 Å². The number of methoxy groups -OCH3 is 2. The molecule has 0 fully saturated rings. The van der Waals surface area contributed by atoms with Crippen molar-refractivity contribution in [3.05, 3.63) is 69.6 Å². The Labute approximate surface area is 187 Å². The van der Waals surface area contributed by atoms with Gasteiger partial charge in [-0.3, -0.25) is 9.59 Å². The van der Waals surface area contributed by atoms with Crippen LogP contribution >= 0.6 is 0 Å². The lowest BCUT2D eigenvalue weighted by atomic mass is 9.97. The van der Waals surface area contributed by atoms with E-state index >= 15 is 0 Å². The average Bonchev–Trinajstić information content (AvgIpc) is 3.11. The van der Waals surface area contributed by atoms with Gasteiger partial charge in [-0.2, -0.15) is 0 Å². The van der Waals surface area contributed by atoms with E-state index < -0.39 is 6.04 Å². The molecule has 1 aromatic heterocycles. The van der Waals surface area contributed by atoms with Gasteiger partial charge in [0.15, 0.2) is 16.9 Å². The summed E-state index contributed by atoms with van der Waals surface area (Å²) in [5.74, 6) is 0.890. The first-order valence-corrected chi connectivity index (χ1v) is 11.0. The molecule has 168 valence electrons.